The highest BCUT2D eigenvalue weighted by molar-refractivity contribution is 5.92. The number of hydrogen-bond acceptors (Lipinski definition) is 2. The lowest BCUT2D eigenvalue weighted by atomic mass is 10.1. The molecule has 3 nitrogen and oxygen atoms in total. The van der Waals surface area contributed by atoms with Gasteiger partial charge in [0.2, 0.25) is 0 Å². The molecule has 0 bridgehead atoms. The van der Waals surface area contributed by atoms with Gasteiger partial charge in [0.25, 0.3) is 5.91 Å². The van der Waals surface area contributed by atoms with Crippen LogP contribution in [0.5, 0.6) is 0 Å². The van der Waals surface area contributed by atoms with Crippen LogP contribution in [0.2, 0.25) is 0 Å². The van der Waals surface area contributed by atoms with E-state index in [-0.39, 0.29) is 11.9 Å². The van der Waals surface area contributed by atoms with Gasteiger partial charge < -0.3 is 4.90 Å². The molecule has 1 aromatic carbocycles. The number of nitrogens with zero attached hydrogens (tertiary/aromatic N) is 2. The van der Waals surface area contributed by atoms with Crippen molar-refractivity contribution in [3.63, 3.8) is 0 Å². The predicted molar refractivity (Wildman–Crippen MR) is 80.4 cm³/mol. The van der Waals surface area contributed by atoms with Crippen LogP contribution in [-0.4, -0.2) is 21.8 Å². The van der Waals surface area contributed by atoms with E-state index in [9.17, 15) is 4.79 Å². The highest BCUT2D eigenvalue weighted by atomic mass is 16.2. The van der Waals surface area contributed by atoms with Crippen molar-refractivity contribution in [1.82, 2.24) is 9.88 Å². The first-order valence-electron chi connectivity index (χ1n) is 6.85. The Morgan fingerprint density at radius 3 is 2.60 bits per heavy atom. The van der Waals surface area contributed by atoms with E-state index in [0.717, 1.165) is 5.56 Å². The molecule has 2 aromatic rings. The van der Waals surface area contributed by atoms with Gasteiger partial charge in [0, 0.05) is 18.8 Å². The van der Waals surface area contributed by atoms with Gasteiger partial charge in [-0.3, -0.25) is 9.78 Å². The van der Waals surface area contributed by atoms with Crippen molar-refractivity contribution in [2.45, 2.75) is 33.4 Å². The highest BCUT2D eigenvalue weighted by Gasteiger charge is 2.19. The number of carbonyl (C=O) groups is 1. The Morgan fingerprint density at radius 1 is 1.20 bits per heavy atom. The molecule has 0 N–H and O–H groups in total. The van der Waals surface area contributed by atoms with Crippen molar-refractivity contribution in [2.24, 2.45) is 0 Å². The van der Waals surface area contributed by atoms with E-state index in [0.29, 0.717) is 12.2 Å². The average molecular weight is 268 g/mol. The minimum Gasteiger partial charge on any atom is -0.331 e. The van der Waals surface area contributed by atoms with Gasteiger partial charge >= 0.3 is 0 Å². The summed E-state index contributed by atoms with van der Waals surface area (Å²) in [6.45, 7) is 6.71. The molecule has 3 heteroatoms. The Labute approximate surface area is 120 Å². The maximum absolute atomic E-state index is 12.5. The maximum atomic E-state index is 12.5. The van der Waals surface area contributed by atoms with Gasteiger partial charge in [-0.05, 0) is 38.5 Å². The molecule has 1 heterocycles. The molecule has 0 radical (unpaired) electrons. The third-order valence-corrected chi connectivity index (χ3v) is 3.20. The van der Waals surface area contributed by atoms with Gasteiger partial charge in [-0.1, -0.05) is 35.9 Å². The van der Waals surface area contributed by atoms with Gasteiger partial charge in [-0.2, -0.15) is 0 Å². The molecule has 104 valence electrons. The summed E-state index contributed by atoms with van der Waals surface area (Å²) < 4.78 is 0. The molecule has 0 spiro atoms. The number of carbonyl (C=O) groups excluding carboxylic acids is 1. The van der Waals surface area contributed by atoms with Crippen molar-refractivity contribution < 1.29 is 4.79 Å². The minimum atomic E-state index is -0.0258. The smallest absolute Gasteiger partial charge is 0.272 e. The van der Waals surface area contributed by atoms with Crippen LogP contribution >= 0.6 is 0 Å². The van der Waals surface area contributed by atoms with Crippen molar-refractivity contribution in [3.05, 3.63) is 65.5 Å². The maximum Gasteiger partial charge on any atom is 0.272 e. The van der Waals surface area contributed by atoms with Crippen LogP contribution in [0.25, 0.3) is 0 Å². The number of amides is 1. The number of hydrogen-bond donors (Lipinski definition) is 0. The monoisotopic (exact) mass is 268 g/mol. The van der Waals surface area contributed by atoms with Crippen molar-refractivity contribution in [1.29, 1.82) is 0 Å². The van der Waals surface area contributed by atoms with E-state index in [4.69, 9.17) is 0 Å². The Hall–Kier alpha value is -2.16. The van der Waals surface area contributed by atoms with E-state index >= 15 is 0 Å². The van der Waals surface area contributed by atoms with Gasteiger partial charge in [-0.15, -0.1) is 0 Å². The zero-order chi connectivity index (χ0) is 14.5. The summed E-state index contributed by atoms with van der Waals surface area (Å²) in [5, 5.41) is 0. The minimum absolute atomic E-state index is 0.0258. The molecule has 2 rings (SSSR count). The SMILES string of the molecule is Cc1cccc(CN(C(=O)c2ccccn2)C(C)C)c1. The second kappa shape index (κ2) is 6.33. The van der Waals surface area contributed by atoms with Crippen LogP contribution in [0.4, 0.5) is 0 Å². The second-order valence-corrected chi connectivity index (χ2v) is 5.23. The summed E-state index contributed by atoms with van der Waals surface area (Å²) in [7, 11) is 0. The molecule has 1 aromatic heterocycles. The lowest BCUT2D eigenvalue weighted by Gasteiger charge is -2.26. The Morgan fingerprint density at radius 2 is 2.00 bits per heavy atom. The summed E-state index contributed by atoms with van der Waals surface area (Å²) in [5.74, 6) is -0.0258. The van der Waals surface area contributed by atoms with Crippen LogP contribution in [0, 0.1) is 6.92 Å². The molecular weight excluding hydrogens is 248 g/mol. The molecule has 0 aliphatic heterocycles. The van der Waals surface area contributed by atoms with Crippen molar-refractivity contribution >= 4 is 5.91 Å². The third kappa shape index (κ3) is 3.44. The second-order valence-electron chi connectivity index (χ2n) is 5.23. The Kier molecular flexibility index (Phi) is 4.51. The van der Waals surface area contributed by atoms with E-state index in [1.807, 2.05) is 43.0 Å². The van der Waals surface area contributed by atoms with Gasteiger partial charge in [-0.25, -0.2) is 0 Å². The molecule has 0 aliphatic carbocycles. The fraction of sp³-hybridized carbons (Fsp3) is 0.294. The van der Waals surface area contributed by atoms with Crippen LogP contribution in [-0.2, 0) is 6.54 Å². The van der Waals surface area contributed by atoms with Gasteiger partial charge in [0.15, 0.2) is 0 Å². The molecule has 20 heavy (non-hydrogen) atoms. The molecule has 0 fully saturated rings. The average Bonchev–Trinajstić information content (AvgIpc) is 2.45. The molecule has 0 unspecified atom stereocenters. The molecule has 0 saturated carbocycles. The molecular formula is C17H20N2O. The highest BCUT2D eigenvalue weighted by Crippen LogP contribution is 2.13. The van der Waals surface area contributed by atoms with Gasteiger partial charge in [0.1, 0.15) is 5.69 Å². The van der Waals surface area contributed by atoms with Crippen LogP contribution in [0.1, 0.15) is 35.5 Å². The normalized spacial score (nSPS) is 10.6. The third-order valence-electron chi connectivity index (χ3n) is 3.20. The Balaban J connectivity index is 2.22. The lowest BCUT2D eigenvalue weighted by Crippen LogP contribution is -2.36. The van der Waals surface area contributed by atoms with Crippen LogP contribution in [0.3, 0.4) is 0 Å². The predicted octanol–water partition coefficient (Wildman–Crippen LogP) is 3.44. The first-order chi connectivity index (χ1) is 9.58. The van der Waals surface area contributed by atoms with Crippen LogP contribution < -0.4 is 0 Å². The fourth-order valence-corrected chi connectivity index (χ4v) is 2.13. The quantitative estimate of drug-likeness (QED) is 0.851. The standard InChI is InChI=1S/C17H20N2O/c1-13(2)19(12-15-8-6-7-14(3)11-15)17(20)16-9-4-5-10-18-16/h4-11,13H,12H2,1-3H3. The lowest BCUT2D eigenvalue weighted by molar-refractivity contribution is 0.0684. The summed E-state index contributed by atoms with van der Waals surface area (Å²) >= 11 is 0. The number of pyridine rings is 1. The molecule has 0 atom stereocenters. The van der Waals surface area contributed by atoms with E-state index in [1.165, 1.54) is 5.56 Å². The van der Waals surface area contributed by atoms with Gasteiger partial charge in [0.05, 0.1) is 0 Å². The fourth-order valence-electron chi connectivity index (χ4n) is 2.13. The van der Waals surface area contributed by atoms with E-state index in [2.05, 4.69) is 24.0 Å². The summed E-state index contributed by atoms with van der Waals surface area (Å²) in [5.41, 5.74) is 2.84. The largest absolute Gasteiger partial charge is 0.331 e. The number of benzene rings is 1. The number of aromatic nitrogens is 1. The van der Waals surface area contributed by atoms with Crippen LogP contribution in [0.15, 0.2) is 48.7 Å². The van der Waals surface area contributed by atoms with Crippen molar-refractivity contribution in [3.8, 4) is 0 Å². The topological polar surface area (TPSA) is 33.2 Å². The zero-order valence-corrected chi connectivity index (χ0v) is 12.2. The first kappa shape index (κ1) is 14.3. The number of rotatable bonds is 4. The van der Waals surface area contributed by atoms with Crippen molar-refractivity contribution in [2.75, 3.05) is 0 Å². The zero-order valence-electron chi connectivity index (χ0n) is 12.2. The summed E-state index contributed by atoms with van der Waals surface area (Å²) in [4.78, 5) is 18.5. The summed E-state index contributed by atoms with van der Waals surface area (Å²) in [6, 6.07) is 13.8. The molecule has 0 aliphatic rings. The summed E-state index contributed by atoms with van der Waals surface area (Å²) in [6.07, 6.45) is 1.65. The number of aryl methyl sites for hydroxylation is 1. The Bertz CT molecular complexity index is 579. The van der Waals surface area contributed by atoms with E-state index in [1.54, 1.807) is 12.3 Å². The molecule has 0 saturated heterocycles. The molecule has 1 amide bonds. The first-order valence-corrected chi connectivity index (χ1v) is 6.85. The van der Waals surface area contributed by atoms with E-state index < -0.39 is 0 Å².